The number of hydrogen-bond donors (Lipinski definition) is 1. The Morgan fingerprint density at radius 2 is 2.06 bits per heavy atom. The van der Waals surface area contributed by atoms with Gasteiger partial charge in [-0.05, 0) is 30.4 Å². The average Bonchev–Trinajstić information content (AvgIpc) is 2.29. The van der Waals surface area contributed by atoms with Crippen LogP contribution in [0.25, 0.3) is 0 Å². The molecule has 4 nitrogen and oxygen atoms in total. The quantitative estimate of drug-likeness (QED) is 0.833. The molecule has 0 saturated carbocycles. The van der Waals surface area contributed by atoms with Crippen molar-refractivity contribution < 1.29 is 8.42 Å². The van der Waals surface area contributed by atoms with Gasteiger partial charge in [-0.1, -0.05) is 6.07 Å². The summed E-state index contributed by atoms with van der Waals surface area (Å²) in [5.74, 6) is 0.796. The Balaban J connectivity index is 2.05. The lowest BCUT2D eigenvalue weighted by molar-refractivity contribution is 0.391. The van der Waals surface area contributed by atoms with E-state index in [2.05, 4.69) is 4.98 Å². The molecule has 0 spiro atoms. The number of nitrogens with two attached hydrogens (primary N) is 1. The monoisotopic (exact) mass is 240 g/mol. The number of nitrogens with zero attached hydrogens (tertiary/aromatic N) is 1. The zero-order chi connectivity index (χ0) is 11.6. The fourth-order valence-electron chi connectivity index (χ4n) is 2.11. The molecule has 1 aliphatic rings. The third kappa shape index (κ3) is 2.59. The van der Waals surface area contributed by atoms with Crippen molar-refractivity contribution in [2.24, 2.45) is 11.7 Å². The van der Waals surface area contributed by atoms with Crippen LogP contribution in [-0.4, -0.2) is 24.9 Å². The number of rotatable bonds is 2. The molecule has 1 unspecified atom stereocenters. The van der Waals surface area contributed by atoms with Crippen LogP contribution in [0.15, 0.2) is 24.5 Å². The van der Waals surface area contributed by atoms with Crippen LogP contribution >= 0.6 is 0 Å². The van der Waals surface area contributed by atoms with Gasteiger partial charge in [-0.15, -0.1) is 0 Å². The summed E-state index contributed by atoms with van der Waals surface area (Å²) in [6.07, 6.45) is 4.80. The largest absolute Gasteiger partial charge is 0.324 e. The van der Waals surface area contributed by atoms with Crippen molar-refractivity contribution in [3.8, 4) is 0 Å². The van der Waals surface area contributed by atoms with Gasteiger partial charge < -0.3 is 5.73 Å². The predicted octanol–water partition coefficient (Wildman–Crippen LogP) is 0.906. The maximum Gasteiger partial charge on any atom is 0.150 e. The van der Waals surface area contributed by atoms with Gasteiger partial charge in [0.15, 0.2) is 0 Å². The normalized spacial score (nSPS) is 22.8. The molecule has 1 atom stereocenters. The zero-order valence-corrected chi connectivity index (χ0v) is 9.86. The molecule has 1 aromatic rings. The fraction of sp³-hybridized carbons (Fsp3) is 0.545. The Bertz CT molecular complexity index is 430. The molecule has 2 heterocycles. The third-order valence-corrected chi connectivity index (χ3v) is 4.89. The summed E-state index contributed by atoms with van der Waals surface area (Å²) in [6, 6.07) is 3.71. The Hall–Kier alpha value is -0.940. The molecule has 0 aromatic carbocycles. The molecule has 1 saturated heterocycles. The zero-order valence-electron chi connectivity index (χ0n) is 9.04. The van der Waals surface area contributed by atoms with Crippen LogP contribution in [0, 0.1) is 5.92 Å². The van der Waals surface area contributed by atoms with Crippen molar-refractivity contribution >= 4 is 9.84 Å². The lowest BCUT2D eigenvalue weighted by Gasteiger charge is -2.27. The van der Waals surface area contributed by atoms with E-state index in [1.807, 2.05) is 12.1 Å². The van der Waals surface area contributed by atoms with E-state index in [1.165, 1.54) is 0 Å². The second-order valence-corrected chi connectivity index (χ2v) is 6.61. The third-order valence-electron chi connectivity index (χ3n) is 3.18. The van der Waals surface area contributed by atoms with Crippen LogP contribution in [0.3, 0.4) is 0 Å². The van der Waals surface area contributed by atoms with E-state index in [1.54, 1.807) is 12.4 Å². The summed E-state index contributed by atoms with van der Waals surface area (Å²) in [7, 11) is -2.80. The maximum atomic E-state index is 11.3. The number of hydrogen-bond acceptors (Lipinski definition) is 4. The molecule has 88 valence electrons. The van der Waals surface area contributed by atoms with E-state index >= 15 is 0 Å². The fourth-order valence-corrected chi connectivity index (χ4v) is 3.64. The molecule has 0 bridgehead atoms. The molecule has 0 amide bonds. The second-order valence-electron chi connectivity index (χ2n) is 4.30. The first-order valence-corrected chi connectivity index (χ1v) is 7.26. The summed E-state index contributed by atoms with van der Waals surface area (Å²) in [5.41, 5.74) is 7.12. The van der Waals surface area contributed by atoms with Crippen molar-refractivity contribution in [1.82, 2.24) is 4.98 Å². The molecule has 0 radical (unpaired) electrons. The molecule has 1 aromatic heterocycles. The molecule has 1 fully saturated rings. The van der Waals surface area contributed by atoms with Crippen molar-refractivity contribution in [3.05, 3.63) is 30.1 Å². The second kappa shape index (κ2) is 4.51. The summed E-state index contributed by atoms with van der Waals surface area (Å²) in [6.45, 7) is 0. The predicted molar refractivity (Wildman–Crippen MR) is 62.5 cm³/mol. The van der Waals surface area contributed by atoms with Crippen LogP contribution in [0.4, 0.5) is 0 Å². The molecule has 2 N–H and O–H groups in total. The van der Waals surface area contributed by atoms with Crippen LogP contribution in [0.1, 0.15) is 24.4 Å². The molecular formula is C11H16N2O2S. The van der Waals surface area contributed by atoms with Crippen molar-refractivity contribution in [2.45, 2.75) is 18.9 Å². The molecule has 2 rings (SSSR count). The van der Waals surface area contributed by atoms with E-state index in [4.69, 9.17) is 5.73 Å². The minimum atomic E-state index is -2.80. The van der Waals surface area contributed by atoms with Gasteiger partial charge in [0.05, 0.1) is 11.5 Å². The van der Waals surface area contributed by atoms with Crippen molar-refractivity contribution in [2.75, 3.05) is 11.5 Å². The Morgan fingerprint density at radius 3 is 2.62 bits per heavy atom. The van der Waals surface area contributed by atoms with Gasteiger partial charge in [-0.2, -0.15) is 0 Å². The van der Waals surface area contributed by atoms with Crippen molar-refractivity contribution in [3.63, 3.8) is 0 Å². The van der Waals surface area contributed by atoms with Gasteiger partial charge >= 0.3 is 0 Å². The first-order chi connectivity index (χ1) is 7.58. The lowest BCUT2D eigenvalue weighted by Crippen LogP contribution is -2.30. The first kappa shape index (κ1) is 11.5. The van der Waals surface area contributed by atoms with Crippen molar-refractivity contribution in [1.29, 1.82) is 0 Å². The minimum Gasteiger partial charge on any atom is -0.324 e. The molecule has 5 heteroatoms. The maximum absolute atomic E-state index is 11.3. The smallest absolute Gasteiger partial charge is 0.150 e. The highest BCUT2D eigenvalue weighted by Gasteiger charge is 2.28. The summed E-state index contributed by atoms with van der Waals surface area (Å²) >= 11 is 0. The topological polar surface area (TPSA) is 73.0 Å². The standard InChI is InChI=1S/C11H16N2O2S/c12-11(10-2-1-5-13-8-10)9-3-6-16(14,15)7-4-9/h1-2,5,8-9,11H,3-4,6-7,12H2. The SMILES string of the molecule is NC(c1cccnc1)C1CCS(=O)(=O)CC1. The lowest BCUT2D eigenvalue weighted by atomic mass is 9.90. The van der Waals surface area contributed by atoms with Gasteiger partial charge in [0.2, 0.25) is 0 Å². The van der Waals surface area contributed by atoms with E-state index < -0.39 is 9.84 Å². The summed E-state index contributed by atoms with van der Waals surface area (Å²) in [5, 5.41) is 0. The number of aromatic nitrogens is 1. The van der Waals surface area contributed by atoms with Crippen LogP contribution in [-0.2, 0) is 9.84 Å². The highest BCUT2D eigenvalue weighted by Crippen LogP contribution is 2.29. The summed E-state index contributed by atoms with van der Waals surface area (Å²) in [4.78, 5) is 4.03. The number of pyridine rings is 1. The van der Waals surface area contributed by atoms with Gasteiger partial charge in [0, 0.05) is 18.4 Å². The Labute approximate surface area is 95.8 Å². The van der Waals surface area contributed by atoms with Gasteiger partial charge in [0.25, 0.3) is 0 Å². The molecular weight excluding hydrogens is 224 g/mol. The molecule has 1 aliphatic heterocycles. The minimum absolute atomic E-state index is 0.0933. The molecule has 0 aliphatic carbocycles. The van der Waals surface area contributed by atoms with E-state index in [-0.39, 0.29) is 23.5 Å². The highest BCUT2D eigenvalue weighted by molar-refractivity contribution is 7.91. The van der Waals surface area contributed by atoms with Gasteiger partial charge in [0.1, 0.15) is 9.84 Å². The Morgan fingerprint density at radius 1 is 1.38 bits per heavy atom. The number of sulfone groups is 1. The van der Waals surface area contributed by atoms with Crippen LogP contribution < -0.4 is 5.73 Å². The van der Waals surface area contributed by atoms with Crippen LogP contribution in [0.5, 0.6) is 0 Å². The van der Waals surface area contributed by atoms with Gasteiger partial charge in [-0.25, -0.2) is 8.42 Å². The highest BCUT2D eigenvalue weighted by atomic mass is 32.2. The first-order valence-electron chi connectivity index (χ1n) is 5.44. The average molecular weight is 240 g/mol. The van der Waals surface area contributed by atoms with Gasteiger partial charge in [-0.3, -0.25) is 4.98 Å². The summed E-state index contributed by atoms with van der Waals surface area (Å²) < 4.78 is 22.6. The van der Waals surface area contributed by atoms with E-state index in [0.717, 1.165) is 5.56 Å². The Kier molecular flexibility index (Phi) is 3.25. The van der Waals surface area contributed by atoms with E-state index in [0.29, 0.717) is 12.8 Å². The van der Waals surface area contributed by atoms with Crippen LogP contribution in [0.2, 0.25) is 0 Å². The van der Waals surface area contributed by atoms with E-state index in [9.17, 15) is 8.42 Å². The molecule has 16 heavy (non-hydrogen) atoms.